The molecule has 0 radical (unpaired) electrons. The van der Waals surface area contributed by atoms with Gasteiger partial charge in [-0.25, -0.2) is 0 Å². The van der Waals surface area contributed by atoms with Gasteiger partial charge in [0.25, 0.3) is 0 Å². The van der Waals surface area contributed by atoms with Crippen LogP contribution in [0.2, 0.25) is 0 Å². The van der Waals surface area contributed by atoms with Crippen molar-refractivity contribution in [2.45, 2.75) is 45.6 Å². The van der Waals surface area contributed by atoms with Crippen LogP contribution in [0, 0.1) is 5.92 Å². The van der Waals surface area contributed by atoms with Gasteiger partial charge in [-0.15, -0.1) is 0 Å². The molecule has 3 heteroatoms. The monoisotopic (exact) mass is 262 g/mol. The highest BCUT2D eigenvalue weighted by Gasteiger charge is 2.16. The average Bonchev–Trinajstić information content (AvgIpc) is 2.45. The van der Waals surface area contributed by atoms with Gasteiger partial charge in [-0.2, -0.15) is 0 Å². The normalized spacial score (nSPS) is 13.8. The van der Waals surface area contributed by atoms with Crippen LogP contribution in [0.1, 0.15) is 51.1 Å². The van der Waals surface area contributed by atoms with E-state index in [1.807, 2.05) is 18.2 Å². The van der Waals surface area contributed by atoms with Crippen LogP contribution in [0.15, 0.2) is 30.3 Å². The second-order valence-electron chi connectivity index (χ2n) is 5.03. The molecule has 106 valence electrons. The van der Waals surface area contributed by atoms with E-state index in [1.165, 1.54) is 5.56 Å². The predicted molar refractivity (Wildman–Crippen MR) is 79.7 cm³/mol. The van der Waals surface area contributed by atoms with Crippen molar-refractivity contribution in [2.75, 3.05) is 6.54 Å². The van der Waals surface area contributed by atoms with Gasteiger partial charge in [0.15, 0.2) is 0 Å². The third kappa shape index (κ3) is 5.43. The molecule has 3 N–H and O–H groups in total. The van der Waals surface area contributed by atoms with Crippen LogP contribution >= 0.6 is 0 Å². The number of hydrogen-bond donors (Lipinski definition) is 2. The van der Waals surface area contributed by atoms with Gasteiger partial charge in [0.2, 0.25) is 5.91 Å². The quantitative estimate of drug-likeness (QED) is 0.756. The number of amides is 1. The third-order valence-corrected chi connectivity index (χ3v) is 3.50. The maximum absolute atomic E-state index is 12.1. The number of hydrogen-bond acceptors (Lipinski definition) is 2. The number of nitrogens with two attached hydrogens (primary N) is 1. The van der Waals surface area contributed by atoms with E-state index >= 15 is 0 Å². The van der Waals surface area contributed by atoms with Crippen molar-refractivity contribution in [3.05, 3.63) is 35.9 Å². The summed E-state index contributed by atoms with van der Waals surface area (Å²) in [5.74, 6) is 0.401. The van der Waals surface area contributed by atoms with Crippen LogP contribution in [0.3, 0.4) is 0 Å². The largest absolute Gasteiger partial charge is 0.349 e. The van der Waals surface area contributed by atoms with Gasteiger partial charge in [-0.3, -0.25) is 4.79 Å². The van der Waals surface area contributed by atoms with Crippen molar-refractivity contribution in [3.63, 3.8) is 0 Å². The smallest absolute Gasteiger partial charge is 0.220 e. The lowest BCUT2D eigenvalue weighted by Gasteiger charge is -2.20. The Morgan fingerprint density at radius 2 is 1.95 bits per heavy atom. The molecular formula is C16H26N2O. The minimum absolute atomic E-state index is 0.111. The van der Waals surface area contributed by atoms with Gasteiger partial charge >= 0.3 is 0 Å². The molecular weight excluding hydrogens is 236 g/mol. The van der Waals surface area contributed by atoms with E-state index < -0.39 is 0 Å². The molecule has 0 saturated heterocycles. The van der Waals surface area contributed by atoms with E-state index in [0.29, 0.717) is 13.0 Å². The molecule has 0 aliphatic heterocycles. The molecule has 0 saturated carbocycles. The summed E-state index contributed by atoms with van der Waals surface area (Å²) in [7, 11) is 0. The van der Waals surface area contributed by atoms with Gasteiger partial charge in [-0.05, 0) is 24.4 Å². The Hall–Kier alpha value is -1.35. The van der Waals surface area contributed by atoms with Crippen molar-refractivity contribution in [3.8, 4) is 0 Å². The van der Waals surface area contributed by atoms with E-state index in [2.05, 4.69) is 31.3 Å². The molecule has 0 aromatic heterocycles. The molecule has 0 bridgehead atoms. The first-order chi connectivity index (χ1) is 9.21. The van der Waals surface area contributed by atoms with Crippen LogP contribution < -0.4 is 11.1 Å². The maximum Gasteiger partial charge on any atom is 0.220 e. The van der Waals surface area contributed by atoms with Crippen LogP contribution in [0.5, 0.6) is 0 Å². The number of carbonyl (C=O) groups is 1. The first kappa shape index (κ1) is 15.7. The molecule has 1 amide bonds. The van der Waals surface area contributed by atoms with Crippen LogP contribution in [0.25, 0.3) is 0 Å². The molecule has 0 aliphatic rings. The van der Waals surface area contributed by atoms with Crippen LogP contribution in [-0.2, 0) is 4.79 Å². The molecule has 1 aromatic rings. The molecule has 1 rings (SSSR count). The first-order valence-electron chi connectivity index (χ1n) is 7.25. The van der Waals surface area contributed by atoms with Crippen LogP contribution in [-0.4, -0.2) is 12.5 Å². The lowest BCUT2D eigenvalue weighted by atomic mass is 9.99. The molecule has 2 unspecified atom stereocenters. The standard InChI is InChI=1S/C16H26N2O/c1-3-8-15(14-9-6-5-7-10-14)18-16(19)11-13(4-2)12-17/h5-7,9-10,13,15H,3-4,8,11-12,17H2,1-2H3,(H,18,19). The zero-order chi connectivity index (χ0) is 14.1. The Labute approximate surface area is 116 Å². The molecule has 0 aliphatic carbocycles. The van der Waals surface area contributed by atoms with Gasteiger partial charge in [0, 0.05) is 6.42 Å². The maximum atomic E-state index is 12.1. The number of benzene rings is 1. The minimum Gasteiger partial charge on any atom is -0.349 e. The van der Waals surface area contributed by atoms with Gasteiger partial charge in [0.05, 0.1) is 6.04 Å². The fourth-order valence-electron chi connectivity index (χ4n) is 2.21. The predicted octanol–water partition coefficient (Wildman–Crippen LogP) is 3.02. The summed E-state index contributed by atoms with van der Waals surface area (Å²) >= 11 is 0. The summed E-state index contributed by atoms with van der Waals surface area (Å²) < 4.78 is 0. The van der Waals surface area contributed by atoms with Gasteiger partial charge < -0.3 is 11.1 Å². The molecule has 2 atom stereocenters. The second-order valence-corrected chi connectivity index (χ2v) is 5.03. The van der Waals surface area contributed by atoms with E-state index in [0.717, 1.165) is 19.3 Å². The lowest BCUT2D eigenvalue weighted by Crippen LogP contribution is -2.31. The number of carbonyl (C=O) groups excluding carboxylic acids is 1. The summed E-state index contributed by atoms with van der Waals surface area (Å²) in [4.78, 5) is 12.1. The highest BCUT2D eigenvalue weighted by atomic mass is 16.1. The summed E-state index contributed by atoms with van der Waals surface area (Å²) in [5.41, 5.74) is 6.83. The summed E-state index contributed by atoms with van der Waals surface area (Å²) in [6.45, 7) is 4.79. The van der Waals surface area contributed by atoms with E-state index in [4.69, 9.17) is 5.73 Å². The molecule has 0 spiro atoms. The van der Waals surface area contributed by atoms with Crippen molar-refractivity contribution < 1.29 is 4.79 Å². The highest BCUT2D eigenvalue weighted by Crippen LogP contribution is 2.18. The summed E-state index contributed by atoms with van der Waals surface area (Å²) in [5, 5.41) is 3.14. The van der Waals surface area contributed by atoms with Crippen molar-refractivity contribution in [2.24, 2.45) is 11.7 Å². The molecule has 19 heavy (non-hydrogen) atoms. The van der Waals surface area contributed by atoms with E-state index in [-0.39, 0.29) is 17.9 Å². The number of nitrogens with one attached hydrogen (secondary N) is 1. The third-order valence-electron chi connectivity index (χ3n) is 3.50. The Kier molecular flexibility index (Phi) is 7.19. The minimum atomic E-state index is 0.111. The SMILES string of the molecule is CCCC(NC(=O)CC(CC)CN)c1ccccc1. The first-order valence-corrected chi connectivity index (χ1v) is 7.25. The Balaban J connectivity index is 2.61. The van der Waals surface area contributed by atoms with Crippen molar-refractivity contribution >= 4 is 5.91 Å². The molecule has 1 aromatic carbocycles. The Morgan fingerprint density at radius 1 is 1.26 bits per heavy atom. The zero-order valence-corrected chi connectivity index (χ0v) is 12.1. The molecule has 3 nitrogen and oxygen atoms in total. The Morgan fingerprint density at radius 3 is 2.47 bits per heavy atom. The van der Waals surface area contributed by atoms with E-state index in [1.54, 1.807) is 0 Å². The average molecular weight is 262 g/mol. The fourth-order valence-corrected chi connectivity index (χ4v) is 2.21. The summed E-state index contributed by atoms with van der Waals surface area (Å²) in [6, 6.07) is 10.3. The topological polar surface area (TPSA) is 55.1 Å². The van der Waals surface area contributed by atoms with Gasteiger partial charge in [0.1, 0.15) is 0 Å². The lowest BCUT2D eigenvalue weighted by molar-refractivity contribution is -0.122. The fraction of sp³-hybridized carbons (Fsp3) is 0.562. The second kappa shape index (κ2) is 8.70. The van der Waals surface area contributed by atoms with E-state index in [9.17, 15) is 4.79 Å². The zero-order valence-electron chi connectivity index (χ0n) is 12.1. The molecule has 0 heterocycles. The van der Waals surface area contributed by atoms with Crippen molar-refractivity contribution in [1.82, 2.24) is 5.32 Å². The van der Waals surface area contributed by atoms with Crippen LogP contribution in [0.4, 0.5) is 0 Å². The Bertz CT molecular complexity index is 360. The molecule has 0 fully saturated rings. The highest BCUT2D eigenvalue weighted by molar-refractivity contribution is 5.76. The van der Waals surface area contributed by atoms with Crippen molar-refractivity contribution in [1.29, 1.82) is 0 Å². The number of rotatable bonds is 8. The summed E-state index contributed by atoms with van der Waals surface area (Å²) in [6.07, 6.45) is 3.50. The van der Waals surface area contributed by atoms with Gasteiger partial charge in [-0.1, -0.05) is 57.0 Å².